The smallest absolute Gasteiger partial charge is 0.0866 e. The van der Waals surface area contributed by atoms with E-state index in [1.54, 1.807) is 0 Å². The summed E-state index contributed by atoms with van der Waals surface area (Å²) in [5.41, 5.74) is 10.6. The van der Waals surface area contributed by atoms with E-state index < -0.39 is 0 Å². The zero-order valence-corrected chi connectivity index (χ0v) is 8.17. The minimum Gasteiger partial charge on any atom is -0.397 e. The van der Waals surface area contributed by atoms with Crippen LogP contribution in [0.25, 0.3) is 0 Å². The molecule has 0 aliphatic heterocycles. The maximum Gasteiger partial charge on any atom is 0.0866 e. The summed E-state index contributed by atoms with van der Waals surface area (Å²) in [6.45, 7) is 1.95. The number of hydrogen-bond donors (Lipinski definition) is 3. The number of aryl methyl sites for hydroxylation is 1. The molecule has 0 atom stereocenters. The number of rotatable bonds is 2. The Bertz CT molecular complexity index is 290. The third kappa shape index (κ3) is 1.77. The van der Waals surface area contributed by atoms with E-state index >= 15 is 0 Å². The highest BCUT2D eigenvalue weighted by atomic mass is 35.7. The molecule has 0 spiro atoms. The molecule has 0 aliphatic rings. The molecule has 0 fully saturated rings. The van der Waals surface area contributed by atoms with Crippen molar-refractivity contribution in [1.29, 1.82) is 0 Å². The quantitative estimate of drug-likeness (QED) is 0.391. The number of hydrogen-bond acceptors (Lipinski definition) is 4. The van der Waals surface area contributed by atoms with Crippen molar-refractivity contribution in [3.63, 3.8) is 0 Å². The predicted octanol–water partition coefficient (Wildman–Crippen LogP) is 2.11. The fraction of sp³-hybridized carbons (Fsp3) is 0.143. The van der Waals surface area contributed by atoms with Crippen LogP contribution in [0.1, 0.15) is 5.56 Å². The Labute approximate surface area is 79.9 Å². The molecule has 0 aliphatic carbocycles. The summed E-state index contributed by atoms with van der Waals surface area (Å²) < 4.78 is 0. The second kappa shape index (κ2) is 3.89. The average Bonchev–Trinajstić information content (AvgIpc) is 2.03. The first kappa shape index (κ1) is 9.51. The van der Waals surface area contributed by atoms with E-state index in [9.17, 15) is 0 Å². The first-order valence-corrected chi connectivity index (χ1v) is 4.98. The van der Waals surface area contributed by atoms with Crippen molar-refractivity contribution in [2.24, 2.45) is 5.84 Å². The molecule has 0 saturated heterocycles. The number of nitrogens with two attached hydrogens (primary N) is 2. The Morgan fingerprint density at radius 2 is 2.17 bits per heavy atom. The lowest BCUT2D eigenvalue weighted by atomic mass is 10.2. The molecule has 0 radical (unpaired) electrons. The Balaban J connectivity index is 3.24. The highest BCUT2D eigenvalue weighted by molar-refractivity contribution is 8.21. The Morgan fingerprint density at radius 3 is 2.67 bits per heavy atom. The van der Waals surface area contributed by atoms with Gasteiger partial charge in [-0.05, 0) is 46.3 Å². The van der Waals surface area contributed by atoms with E-state index in [0.717, 1.165) is 21.4 Å². The molecule has 66 valence electrons. The van der Waals surface area contributed by atoms with Crippen molar-refractivity contribution in [3.05, 3.63) is 17.7 Å². The van der Waals surface area contributed by atoms with Crippen molar-refractivity contribution in [1.82, 2.24) is 0 Å². The molecule has 0 aromatic heterocycles. The molecular formula is C7H10ClN3S. The van der Waals surface area contributed by atoms with Crippen LogP contribution in [0.2, 0.25) is 0 Å². The summed E-state index contributed by atoms with van der Waals surface area (Å²) >= 11 is 0. The van der Waals surface area contributed by atoms with Gasteiger partial charge in [0.1, 0.15) is 0 Å². The number of nitrogen functional groups attached to an aromatic ring is 2. The summed E-state index contributed by atoms with van der Waals surface area (Å²) in [5, 5.41) is 0. The van der Waals surface area contributed by atoms with E-state index in [4.69, 9.17) is 22.3 Å². The topological polar surface area (TPSA) is 64.1 Å². The molecular weight excluding hydrogens is 194 g/mol. The summed E-state index contributed by atoms with van der Waals surface area (Å²) in [7, 11) is 6.72. The third-order valence-electron chi connectivity index (χ3n) is 1.50. The lowest BCUT2D eigenvalue weighted by Gasteiger charge is -2.09. The fourth-order valence-corrected chi connectivity index (χ4v) is 1.85. The number of anilines is 2. The number of nitrogens with one attached hydrogen (secondary N) is 1. The molecule has 5 N–H and O–H groups in total. The zero-order chi connectivity index (χ0) is 9.14. The van der Waals surface area contributed by atoms with Gasteiger partial charge in [-0.2, -0.15) is 0 Å². The summed E-state index contributed by atoms with van der Waals surface area (Å²) in [4.78, 5) is 0.844. The first-order chi connectivity index (χ1) is 5.69. The van der Waals surface area contributed by atoms with Crippen molar-refractivity contribution >= 4 is 33.0 Å². The van der Waals surface area contributed by atoms with E-state index in [1.165, 1.54) is 0 Å². The Kier molecular flexibility index (Phi) is 3.08. The molecule has 0 unspecified atom stereocenters. The maximum atomic E-state index is 5.69. The molecule has 3 nitrogen and oxygen atoms in total. The lowest BCUT2D eigenvalue weighted by Crippen LogP contribution is -2.10. The van der Waals surface area contributed by atoms with Crippen LogP contribution >= 0.6 is 21.7 Å². The molecule has 12 heavy (non-hydrogen) atoms. The van der Waals surface area contributed by atoms with E-state index in [0.29, 0.717) is 11.4 Å². The minimum absolute atomic E-state index is 0.612. The van der Waals surface area contributed by atoms with Crippen molar-refractivity contribution in [2.75, 3.05) is 11.2 Å². The van der Waals surface area contributed by atoms with Gasteiger partial charge < -0.3 is 11.2 Å². The first-order valence-electron chi connectivity index (χ1n) is 3.34. The van der Waals surface area contributed by atoms with Gasteiger partial charge in [-0.25, -0.2) is 0 Å². The van der Waals surface area contributed by atoms with Crippen LogP contribution in [0.5, 0.6) is 0 Å². The van der Waals surface area contributed by atoms with Gasteiger partial charge in [0.15, 0.2) is 0 Å². The van der Waals surface area contributed by atoms with Gasteiger partial charge >= 0.3 is 0 Å². The van der Waals surface area contributed by atoms with Crippen LogP contribution in [-0.2, 0) is 0 Å². The van der Waals surface area contributed by atoms with Crippen LogP contribution in [0.3, 0.4) is 0 Å². The second-order valence-electron chi connectivity index (χ2n) is 2.45. The Morgan fingerprint density at radius 1 is 1.50 bits per heavy atom. The van der Waals surface area contributed by atoms with E-state index in [1.807, 2.05) is 19.1 Å². The monoisotopic (exact) mass is 203 g/mol. The molecule has 0 amide bonds. The molecule has 1 aromatic rings. The fourth-order valence-electron chi connectivity index (χ4n) is 0.996. The van der Waals surface area contributed by atoms with Crippen LogP contribution in [0.15, 0.2) is 17.0 Å². The largest absolute Gasteiger partial charge is 0.397 e. The van der Waals surface area contributed by atoms with Gasteiger partial charge in [-0.15, -0.1) is 0 Å². The van der Waals surface area contributed by atoms with Crippen LogP contribution in [0.4, 0.5) is 11.4 Å². The molecule has 5 heteroatoms. The molecule has 1 aromatic carbocycles. The SMILES string of the molecule is Cc1cc(N)c(NN)c(SCl)c1. The standard InChI is InChI=1S/C7H10ClN3S/c1-4-2-5(9)7(11-10)6(3-4)12-8/h2-3,11H,9-10H2,1H3. The molecule has 0 saturated carbocycles. The molecule has 0 heterocycles. The zero-order valence-electron chi connectivity index (χ0n) is 6.60. The van der Waals surface area contributed by atoms with Gasteiger partial charge in [0.2, 0.25) is 0 Å². The predicted molar refractivity (Wildman–Crippen MR) is 55.1 cm³/mol. The van der Waals surface area contributed by atoms with Crippen LogP contribution < -0.4 is 17.0 Å². The normalized spacial score (nSPS) is 9.92. The van der Waals surface area contributed by atoms with E-state index in [2.05, 4.69) is 5.43 Å². The number of halogens is 1. The highest BCUT2D eigenvalue weighted by Gasteiger charge is 2.05. The van der Waals surface area contributed by atoms with Gasteiger partial charge in [0.05, 0.1) is 16.3 Å². The lowest BCUT2D eigenvalue weighted by molar-refractivity contribution is 1.27. The summed E-state index contributed by atoms with van der Waals surface area (Å²) in [6, 6.07) is 3.76. The van der Waals surface area contributed by atoms with Crippen LogP contribution in [-0.4, -0.2) is 0 Å². The van der Waals surface area contributed by atoms with Crippen molar-refractivity contribution in [3.8, 4) is 0 Å². The summed E-state index contributed by atoms with van der Waals surface area (Å²) in [5.74, 6) is 5.28. The second-order valence-corrected chi connectivity index (χ2v) is 3.51. The van der Waals surface area contributed by atoms with Crippen molar-refractivity contribution < 1.29 is 0 Å². The minimum atomic E-state index is 0.612. The maximum absolute atomic E-state index is 5.69. The van der Waals surface area contributed by atoms with Gasteiger partial charge in [0, 0.05) is 0 Å². The highest BCUT2D eigenvalue weighted by Crippen LogP contribution is 2.34. The Hall–Kier alpha value is -0.580. The average molecular weight is 204 g/mol. The van der Waals surface area contributed by atoms with Gasteiger partial charge in [-0.1, -0.05) is 0 Å². The van der Waals surface area contributed by atoms with Crippen LogP contribution in [0, 0.1) is 6.92 Å². The van der Waals surface area contributed by atoms with Crippen molar-refractivity contribution in [2.45, 2.75) is 11.8 Å². The number of hydrazine groups is 1. The summed E-state index contributed by atoms with van der Waals surface area (Å²) in [6.07, 6.45) is 0. The third-order valence-corrected chi connectivity index (χ3v) is 2.49. The van der Waals surface area contributed by atoms with Gasteiger partial charge in [0.25, 0.3) is 0 Å². The van der Waals surface area contributed by atoms with Gasteiger partial charge in [-0.3, -0.25) is 5.84 Å². The number of benzene rings is 1. The molecule has 1 rings (SSSR count). The van der Waals surface area contributed by atoms with E-state index in [-0.39, 0.29) is 0 Å². The molecule has 0 bridgehead atoms.